The molecule has 0 unspecified atom stereocenters. The van der Waals surface area contributed by atoms with Gasteiger partial charge in [-0.15, -0.1) is 0 Å². The maximum atomic E-state index is 5.41. The van der Waals surface area contributed by atoms with E-state index in [2.05, 4.69) is 42.2 Å². The Balaban J connectivity index is 1.86. The van der Waals surface area contributed by atoms with Gasteiger partial charge in [0.15, 0.2) is 0 Å². The number of hydrogen-bond donors (Lipinski definition) is 1. The van der Waals surface area contributed by atoms with Gasteiger partial charge < -0.3 is 10.1 Å². The number of nitrogens with one attached hydrogen (secondary N) is 1. The van der Waals surface area contributed by atoms with Crippen LogP contribution in [0.1, 0.15) is 25.3 Å². The first-order chi connectivity index (χ1) is 8.79. The average Bonchev–Trinajstić information content (AvgIpc) is 2.37. The van der Waals surface area contributed by atoms with E-state index in [0.29, 0.717) is 6.61 Å². The van der Waals surface area contributed by atoms with Crippen LogP contribution < -0.4 is 5.32 Å². The van der Waals surface area contributed by atoms with Crippen LogP contribution in [-0.4, -0.2) is 26.3 Å². The molecule has 2 nitrogen and oxygen atoms in total. The number of benzene rings is 1. The number of hydrogen-bond acceptors (Lipinski definition) is 2. The minimum Gasteiger partial charge on any atom is -0.376 e. The van der Waals surface area contributed by atoms with Crippen molar-refractivity contribution in [1.29, 1.82) is 0 Å². The Morgan fingerprint density at radius 3 is 2.67 bits per heavy atom. The minimum absolute atomic E-state index is 0.676. The summed E-state index contributed by atoms with van der Waals surface area (Å²) in [6.45, 7) is 9.23. The van der Waals surface area contributed by atoms with E-state index in [9.17, 15) is 0 Å². The van der Waals surface area contributed by atoms with Crippen LogP contribution in [0, 0.1) is 0 Å². The number of aryl methyl sites for hydroxylation is 1. The minimum atomic E-state index is 0.676. The molecule has 100 valence electrons. The highest BCUT2D eigenvalue weighted by Gasteiger charge is 1.93. The maximum absolute atomic E-state index is 5.41. The maximum Gasteiger partial charge on any atom is 0.0672 e. The summed E-state index contributed by atoms with van der Waals surface area (Å²) in [6, 6.07) is 10.7. The average molecular weight is 247 g/mol. The lowest BCUT2D eigenvalue weighted by Crippen LogP contribution is -2.21. The summed E-state index contributed by atoms with van der Waals surface area (Å²) in [5.74, 6) is 0. The summed E-state index contributed by atoms with van der Waals surface area (Å²) in [7, 11) is 0. The van der Waals surface area contributed by atoms with Crippen LogP contribution >= 0.6 is 0 Å². The van der Waals surface area contributed by atoms with Crippen LogP contribution in [0.15, 0.2) is 42.5 Å². The first-order valence-electron chi connectivity index (χ1n) is 6.76. The molecule has 0 fully saturated rings. The van der Waals surface area contributed by atoms with Crippen molar-refractivity contribution in [3.05, 3.63) is 48.0 Å². The third-order valence-electron chi connectivity index (χ3n) is 2.68. The molecule has 0 aliphatic carbocycles. The van der Waals surface area contributed by atoms with Crippen molar-refractivity contribution in [2.45, 2.75) is 26.2 Å². The smallest absolute Gasteiger partial charge is 0.0672 e. The first kappa shape index (κ1) is 14.9. The van der Waals surface area contributed by atoms with Gasteiger partial charge in [0.2, 0.25) is 0 Å². The largest absolute Gasteiger partial charge is 0.376 e. The number of rotatable bonds is 10. The third-order valence-corrected chi connectivity index (χ3v) is 2.68. The molecule has 0 aliphatic heterocycles. The van der Waals surface area contributed by atoms with E-state index in [-0.39, 0.29) is 0 Å². The van der Waals surface area contributed by atoms with Gasteiger partial charge in [-0.25, -0.2) is 0 Å². The molecule has 0 bridgehead atoms. The molecular weight excluding hydrogens is 222 g/mol. The number of unbranched alkanes of at least 4 members (excludes halogenated alkanes) is 1. The molecule has 0 aliphatic rings. The Morgan fingerprint density at radius 2 is 1.94 bits per heavy atom. The lowest BCUT2D eigenvalue weighted by atomic mass is 10.1. The molecule has 0 spiro atoms. The molecular formula is C16H25NO. The zero-order valence-corrected chi connectivity index (χ0v) is 11.5. The lowest BCUT2D eigenvalue weighted by molar-refractivity contribution is 0.158. The second-order valence-corrected chi connectivity index (χ2v) is 4.70. The highest BCUT2D eigenvalue weighted by atomic mass is 16.5. The molecule has 0 saturated carbocycles. The SMILES string of the molecule is C=C(C)COCCNCCCCc1ccccc1. The second kappa shape index (κ2) is 9.86. The van der Waals surface area contributed by atoms with Crippen LogP contribution in [0.4, 0.5) is 0 Å². The first-order valence-corrected chi connectivity index (χ1v) is 6.76. The molecule has 1 rings (SSSR count). The fraction of sp³-hybridized carbons (Fsp3) is 0.500. The van der Waals surface area contributed by atoms with Crippen molar-refractivity contribution < 1.29 is 4.74 Å². The summed E-state index contributed by atoms with van der Waals surface area (Å²) in [5, 5.41) is 3.39. The summed E-state index contributed by atoms with van der Waals surface area (Å²) >= 11 is 0. The standard InChI is InChI=1S/C16H25NO/c1-15(2)14-18-13-12-17-11-7-6-10-16-8-4-3-5-9-16/h3-5,8-9,17H,1,6-7,10-14H2,2H3. The van der Waals surface area contributed by atoms with Gasteiger partial charge in [-0.1, -0.05) is 42.5 Å². The summed E-state index contributed by atoms with van der Waals surface area (Å²) in [6.07, 6.45) is 3.63. The summed E-state index contributed by atoms with van der Waals surface area (Å²) < 4.78 is 5.41. The third kappa shape index (κ3) is 8.04. The van der Waals surface area contributed by atoms with Gasteiger partial charge in [0, 0.05) is 6.54 Å². The molecule has 18 heavy (non-hydrogen) atoms. The summed E-state index contributed by atoms with van der Waals surface area (Å²) in [5.41, 5.74) is 2.51. The predicted molar refractivity (Wildman–Crippen MR) is 77.9 cm³/mol. The Kier molecular flexibility index (Phi) is 8.19. The van der Waals surface area contributed by atoms with Gasteiger partial charge in [-0.2, -0.15) is 0 Å². The second-order valence-electron chi connectivity index (χ2n) is 4.70. The molecule has 0 amide bonds. The Hall–Kier alpha value is -1.12. The van der Waals surface area contributed by atoms with Gasteiger partial charge in [0.05, 0.1) is 13.2 Å². The molecule has 0 saturated heterocycles. The van der Waals surface area contributed by atoms with Gasteiger partial charge in [0.1, 0.15) is 0 Å². The molecule has 0 radical (unpaired) electrons. The Labute approximate surface area is 111 Å². The zero-order valence-electron chi connectivity index (χ0n) is 11.5. The topological polar surface area (TPSA) is 21.3 Å². The molecule has 0 atom stereocenters. The molecule has 1 aromatic carbocycles. The highest BCUT2D eigenvalue weighted by Crippen LogP contribution is 2.03. The zero-order chi connectivity index (χ0) is 13.1. The fourth-order valence-electron chi connectivity index (χ4n) is 1.74. The van der Waals surface area contributed by atoms with Gasteiger partial charge in [-0.3, -0.25) is 0 Å². The van der Waals surface area contributed by atoms with E-state index in [1.807, 2.05) is 6.92 Å². The van der Waals surface area contributed by atoms with Crippen LogP contribution in [0.3, 0.4) is 0 Å². The normalized spacial score (nSPS) is 10.5. The van der Waals surface area contributed by atoms with E-state index in [1.54, 1.807) is 0 Å². The van der Waals surface area contributed by atoms with Crippen molar-refractivity contribution in [3.63, 3.8) is 0 Å². The van der Waals surface area contributed by atoms with Crippen LogP contribution in [0.2, 0.25) is 0 Å². The van der Waals surface area contributed by atoms with E-state index < -0.39 is 0 Å². The van der Waals surface area contributed by atoms with Crippen molar-refractivity contribution >= 4 is 0 Å². The lowest BCUT2D eigenvalue weighted by Gasteiger charge is -2.06. The Morgan fingerprint density at radius 1 is 1.17 bits per heavy atom. The van der Waals surface area contributed by atoms with Gasteiger partial charge in [-0.05, 0) is 38.3 Å². The van der Waals surface area contributed by atoms with E-state index in [4.69, 9.17) is 4.74 Å². The van der Waals surface area contributed by atoms with Crippen molar-refractivity contribution in [1.82, 2.24) is 5.32 Å². The molecule has 2 heteroatoms. The molecule has 0 aromatic heterocycles. The van der Waals surface area contributed by atoms with Gasteiger partial charge in [0.25, 0.3) is 0 Å². The predicted octanol–water partition coefficient (Wildman–Crippen LogP) is 3.19. The van der Waals surface area contributed by atoms with E-state index in [0.717, 1.165) is 25.3 Å². The van der Waals surface area contributed by atoms with Crippen molar-refractivity contribution in [2.24, 2.45) is 0 Å². The number of ether oxygens (including phenoxy) is 1. The Bertz CT molecular complexity index is 321. The molecule has 1 N–H and O–H groups in total. The van der Waals surface area contributed by atoms with Crippen molar-refractivity contribution in [3.8, 4) is 0 Å². The van der Waals surface area contributed by atoms with E-state index in [1.165, 1.54) is 24.8 Å². The van der Waals surface area contributed by atoms with Crippen LogP contribution in [-0.2, 0) is 11.2 Å². The molecule has 0 heterocycles. The van der Waals surface area contributed by atoms with Crippen LogP contribution in [0.5, 0.6) is 0 Å². The quantitative estimate of drug-likeness (QED) is 0.506. The van der Waals surface area contributed by atoms with Crippen molar-refractivity contribution in [2.75, 3.05) is 26.3 Å². The highest BCUT2D eigenvalue weighted by molar-refractivity contribution is 5.14. The van der Waals surface area contributed by atoms with Gasteiger partial charge >= 0.3 is 0 Å². The fourth-order valence-corrected chi connectivity index (χ4v) is 1.74. The van der Waals surface area contributed by atoms with Crippen LogP contribution in [0.25, 0.3) is 0 Å². The monoisotopic (exact) mass is 247 g/mol. The van der Waals surface area contributed by atoms with E-state index >= 15 is 0 Å². The summed E-state index contributed by atoms with van der Waals surface area (Å²) in [4.78, 5) is 0. The molecule has 1 aromatic rings.